The van der Waals surface area contributed by atoms with E-state index in [-0.39, 0.29) is 6.07 Å². The Hall–Kier alpha value is -10.5. The van der Waals surface area contributed by atoms with E-state index in [4.69, 9.17) is 14.2 Å². The first-order valence-corrected chi connectivity index (χ1v) is 18.1. The Morgan fingerprint density at radius 3 is 0.882 bits per heavy atom. The highest BCUT2D eigenvalue weighted by molar-refractivity contribution is 6.25. The summed E-state index contributed by atoms with van der Waals surface area (Å²) in [4.78, 5) is 182. The third kappa shape index (κ3) is 9.98. The lowest BCUT2D eigenvalue weighted by Gasteiger charge is -2.18. The van der Waals surface area contributed by atoms with Crippen LogP contribution in [-0.4, -0.2) is 119 Å². The van der Waals surface area contributed by atoms with Crippen LogP contribution in [0.2, 0.25) is 0 Å². The molecule has 0 radical (unpaired) electrons. The van der Waals surface area contributed by atoms with Crippen molar-refractivity contribution in [2.45, 2.75) is 0 Å². The number of ketones is 1. The van der Waals surface area contributed by atoms with Crippen LogP contribution in [0.1, 0.15) is 151 Å². The van der Waals surface area contributed by atoms with Gasteiger partial charge >= 0.3 is 77.6 Å². The number of hydrogen-bond donors (Lipinski definition) is 7. The molecule has 24 heteroatoms. The third-order valence-electron chi connectivity index (χ3n) is 9.16. The summed E-state index contributed by atoms with van der Waals surface area (Å²) in [5.74, 6) is -28.4. The zero-order valence-corrected chi connectivity index (χ0v) is 33.2. The van der Waals surface area contributed by atoms with Crippen molar-refractivity contribution in [1.29, 1.82) is 0 Å². The lowest BCUT2D eigenvalue weighted by atomic mass is 9.87. The van der Waals surface area contributed by atoms with Crippen molar-refractivity contribution in [2.24, 2.45) is 0 Å². The minimum absolute atomic E-state index is 0.179. The fourth-order valence-corrected chi connectivity index (χ4v) is 6.07. The van der Waals surface area contributed by atoms with E-state index in [1.54, 1.807) is 0 Å². The van der Waals surface area contributed by atoms with Gasteiger partial charge in [0.05, 0.1) is 72.3 Å². The van der Waals surface area contributed by atoms with Gasteiger partial charge in [-0.25, -0.2) is 62.3 Å². The molecule has 0 amide bonds. The van der Waals surface area contributed by atoms with Crippen molar-refractivity contribution < 1.29 is 117 Å². The summed E-state index contributed by atoms with van der Waals surface area (Å²) in [5.41, 5.74) is -18.0. The van der Waals surface area contributed by atoms with Gasteiger partial charge < -0.3 is 50.0 Å². The van der Waals surface area contributed by atoms with E-state index in [9.17, 15) is 103 Å². The minimum Gasteiger partial charge on any atom is -0.478 e. The lowest BCUT2D eigenvalue weighted by Crippen LogP contribution is -2.29. The van der Waals surface area contributed by atoms with Crippen LogP contribution in [0.15, 0.2) is 91.0 Å². The molecule has 0 aliphatic rings. The quantitative estimate of drug-likeness (QED) is 0.0339. The molecule has 0 unspecified atom stereocenters. The summed E-state index contributed by atoms with van der Waals surface area (Å²) < 4.78 is 14.3. The first-order chi connectivity index (χ1) is 31.9. The smallest absolute Gasteiger partial charge is 0.347 e. The predicted octanol–water partition coefficient (Wildman–Crippen LogP) is 3.80. The van der Waals surface area contributed by atoms with Crippen molar-refractivity contribution in [1.82, 2.24) is 0 Å². The first-order valence-electron chi connectivity index (χ1n) is 18.1. The van der Waals surface area contributed by atoms with Crippen molar-refractivity contribution in [2.75, 3.05) is 0 Å². The van der Waals surface area contributed by atoms with Crippen LogP contribution in [0.4, 0.5) is 0 Å². The number of carbonyl (C=O) groups excluding carboxylic acids is 7. The molecule has 0 spiro atoms. The molecule has 0 bridgehead atoms. The van der Waals surface area contributed by atoms with Crippen LogP contribution in [0.25, 0.3) is 0 Å². The normalized spacial score (nSPS) is 10.4. The second kappa shape index (κ2) is 19.5. The Labute approximate surface area is 374 Å². The van der Waals surface area contributed by atoms with Crippen molar-refractivity contribution >= 4 is 83.4 Å². The summed E-state index contributed by atoms with van der Waals surface area (Å²) in [6.45, 7) is 0. The highest BCUT2D eigenvalue weighted by Crippen LogP contribution is 2.31. The van der Waals surface area contributed by atoms with Crippen molar-refractivity contribution in [3.05, 3.63) is 174 Å². The molecule has 0 saturated carbocycles. The Kier molecular flexibility index (Phi) is 13.9. The maximum atomic E-state index is 14.4. The number of benzene rings is 5. The zero-order valence-electron chi connectivity index (χ0n) is 33.2. The fourth-order valence-electron chi connectivity index (χ4n) is 6.07. The minimum atomic E-state index is -2.46. The standard InChI is InChI=1S/C44H22O24/c45-31(16-4-2-1-3-5-16)26-15-27(38(58)59)29(43(64)67-40(61)24-13-18(33(48)49)7-10-21(24)36(54)55)30(44(65)68-41(62)25-14-19(34(50)51)8-11-22(25)37(56)57)28(26)42(63)66-39(60)23-12-17(32(46)47)6-9-20(23)35(52)53/h1-15H,(H,46,47)(H,48,49)(H,50,51)(H,52,53)(H,54,55)(H,56,57)(H,58,59). The molecule has 5 aromatic rings. The number of hydrogen-bond acceptors (Lipinski definition) is 17. The molecular weight excluding hydrogens is 912 g/mol. The summed E-state index contributed by atoms with van der Waals surface area (Å²) in [5, 5.41) is 67.9. The lowest BCUT2D eigenvalue weighted by molar-refractivity contribution is 0.0339. The van der Waals surface area contributed by atoms with Crippen LogP contribution in [-0.2, 0) is 14.2 Å². The molecule has 342 valence electrons. The van der Waals surface area contributed by atoms with Crippen LogP contribution < -0.4 is 0 Å². The molecule has 0 saturated heterocycles. The van der Waals surface area contributed by atoms with E-state index >= 15 is 0 Å². The monoisotopic (exact) mass is 934 g/mol. The molecule has 0 heterocycles. The molecule has 0 aromatic heterocycles. The van der Waals surface area contributed by atoms with Gasteiger partial charge in [-0.2, -0.15) is 0 Å². The molecule has 7 N–H and O–H groups in total. The predicted molar refractivity (Wildman–Crippen MR) is 214 cm³/mol. The second-order valence-corrected chi connectivity index (χ2v) is 13.2. The van der Waals surface area contributed by atoms with Crippen LogP contribution in [0.3, 0.4) is 0 Å². The Balaban J connectivity index is 1.86. The highest BCUT2D eigenvalue weighted by Gasteiger charge is 2.40. The van der Waals surface area contributed by atoms with E-state index < -0.39 is 167 Å². The Morgan fingerprint density at radius 2 is 0.574 bits per heavy atom. The molecule has 5 aromatic carbocycles. The fraction of sp³-hybridized carbons (Fsp3) is 0. The molecule has 24 nitrogen and oxygen atoms in total. The number of carbonyl (C=O) groups is 14. The maximum absolute atomic E-state index is 14.4. The number of aromatic carboxylic acids is 7. The summed E-state index contributed by atoms with van der Waals surface area (Å²) in [6, 6.07) is 11.1. The van der Waals surface area contributed by atoms with Gasteiger partial charge in [0.2, 0.25) is 0 Å². The van der Waals surface area contributed by atoms with Crippen LogP contribution in [0.5, 0.6) is 0 Å². The highest BCUT2D eigenvalue weighted by atomic mass is 16.6. The topological polar surface area (TPSA) is 408 Å². The van der Waals surface area contributed by atoms with Crippen molar-refractivity contribution in [3.63, 3.8) is 0 Å². The SMILES string of the molecule is O=C(O)c1ccc(C(=O)O)c(C(=O)OC(=O)c2c(C(=O)O)cc(C(=O)c3ccccc3)c(C(=O)OC(=O)c3cc(C(=O)O)ccc3C(=O)O)c2C(=O)OC(=O)c2cc(C(=O)O)ccc2C(=O)O)c1. The number of carboxylic acids is 7. The number of rotatable bonds is 15. The number of carboxylic acid groups (broad SMARTS) is 7. The molecule has 0 aliphatic carbocycles. The molecular formula is C44H22O24. The van der Waals surface area contributed by atoms with Crippen LogP contribution >= 0.6 is 0 Å². The first kappa shape index (κ1) is 48.5. The number of esters is 6. The van der Waals surface area contributed by atoms with Gasteiger partial charge in [-0.1, -0.05) is 30.3 Å². The number of ether oxygens (including phenoxy) is 3. The Morgan fingerprint density at radius 1 is 0.265 bits per heavy atom. The molecule has 0 aliphatic heterocycles. The van der Waals surface area contributed by atoms with Gasteiger partial charge in [-0.3, -0.25) is 4.79 Å². The van der Waals surface area contributed by atoms with E-state index in [0.29, 0.717) is 48.5 Å². The molecule has 0 atom stereocenters. The second-order valence-electron chi connectivity index (χ2n) is 13.2. The van der Waals surface area contributed by atoms with E-state index in [1.165, 1.54) is 18.2 Å². The van der Waals surface area contributed by atoms with Gasteiger partial charge in [0.15, 0.2) is 5.78 Å². The zero-order chi connectivity index (χ0) is 50.5. The van der Waals surface area contributed by atoms with Gasteiger partial charge in [0.1, 0.15) is 0 Å². The Bertz CT molecular complexity index is 3160. The van der Waals surface area contributed by atoms with Gasteiger partial charge in [-0.05, 0) is 60.7 Å². The van der Waals surface area contributed by atoms with Gasteiger partial charge in [0.25, 0.3) is 0 Å². The average molecular weight is 935 g/mol. The van der Waals surface area contributed by atoms with E-state index in [1.807, 2.05) is 0 Å². The van der Waals surface area contributed by atoms with Crippen LogP contribution in [0, 0.1) is 0 Å². The molecule has 68 heavy (non-hydrogen) atoms. The third-order valence-corrected chi connectivity index (χ3v) is 9.16. The summed E-state index contributed by atoms with van der Waals surface area (Å²) in [6.07, 6.45) is 0. The van der Waals surface area contributed by atoms with Gasteiger partial charge in [0, 0.05) is 11.1 Å². The summed E-state index contributed by atoms with van der Waals surface area (Å²) >= 11 is 0. The van der Waals surface area contributed by atoms with Crippen molar-refractivity contribution in [3.8, 4) is 0 Å². The summed E-state index contributed by atoms with van der Waals surface area (Å²) in [7, 11) is 0. The van der Waals surface area contributed by atoms with E-state index in [0.717, 1.165) is 18.2 Å². The molecule has 0 fully saturated rings. The largest absolute Gasteiger partial charge is 0.478 e. The van der Waals surface area contributed by atoms with E-state index in [2.05, 4.69) is 0 Å². The average Bonchev–Trinajstić information content (AvgIpc) is 3.29. The van der Waals surface area contributed by atoms with Gasteiger partial charge in [-0.15, -0.1) is 0 Å². The maximum Gasteiger partial charge on any atom is 0.347 e. The molecule has 5 rings (SSSR count).